The van der Waals surface area contributed by atoms with Gasteiger partial charge in [0.05, 0.1) is 12.1 Å². The molecule has 110 valence electrons. The van der Waals surface area contributed by atoms with Crippen molar-refractivity contribution in [3.8, 4) is 0 Å². The third-order valence-corrected chi connectivity index (χ3v) is 3.93. The highest BCUT2D eigenvalue weighted by Gasteiger charge is 2.25. The average molecular weight is 275 g/mol. The Bertz CT molecular complexity index is 441. The predicted octanol–water partition coefficient (Wildman–Crippen LogP) is 1.92. The van der Waals surface area contributed by atoms with E-state index in [4.69, 9.17) is 0 Å². The number of pyridine rings is 1. The van der Waals surface area contributed by atoms with Crippen molar-refractivity contribution in [1.82, 2.24) is 15.2 Å². The Kier molecular flexibility index (Phi) is 5.53. The number of carbonyl (C=O) groups excluding carboxylic acids is 1. The molecule has 1 unspecified atom stereocenters. The molecule has 0 spiro atoms. The summed E-state index contributed by atoms with van der Waals surface area (Å²) in [6.45, 7) is 6.98. The lowest BCUT2D eigenvalue weighted by Crippen LogP contribution is -2.49. The molecular formula is C16H25N3O. The maximum Gasteiger partial charge on any atom is 0.228 e. The van der Waals surface area contributed by atoms with Gasteiger partial charge >= 0.3 is 0 Å². The van der Waals surface area contributed by atoms with Crippen LogP contribution in [-0.4, -0.2) is 41.5 Å². The second-order valence-electron chi connectivity index (χ2n) is 5.53. The van der Waals surface area contributed by atoms with Gasteiger partial charge in [-0.3, -0.25) is 9.78 Å². The van der Waals surface area contributed by atoms with Gasteiger partial charge < -0.3 is 10.2 Å². The van der Waals surface area contributed by atoms with Crippen molar-refractivity contribution in [2.24, 2.45) is 0 Å². The van der Waals surface area contributed by atoms with Crippen LogP contribution >= 0.6 is 0 Å². The number of nitrogens with zero attached hydrogens (tertiary/aromatic N) is 2. The molecule has 0 aliphatic carbocycles. The monoisotopic (exact) mass is 275 g/mol. The number of hydrogen-bond acceptors (Lipinski definition) is 3. The van der Waals surface area contributed by atoms with Gasteiger partial charge in [-0.1, -0.05) is 13.0 Å². The van der Waals surface area contributed by atoms with Gasteiger partial charge in [-0.15, -0.1) is 0 Å². The zero-order valence-electron chi connectivity index (χ0n) is 12.6. The molecule has 0 bridgehead atoms. The first-order chi connectivity index (χ1) is 9.72. The Morgan fingerprint density at radius 1 is 1.55 bits per heavy atom. The second-order valence-corrected chi connectivity index (χ2v) is 5.53. The van der Waals surface area contributed by atoms with E-state index in [2.05, 4.69) is 22.1 Å². The molecule has 0 radical (unpaired) electrons. The predicted molar refractivity (Wildman–Crippen MR) is 80.6 cm³/mol. The Hall–Kier alpha value is -1.42. The number of rotatable bonds is 5. The molecule has 1 aliphatic heterocycles. The van der Waals surface area contributed by atoms with Crippen LogP contribution in [0.25, 0.3) is 0 Å². The molecule has 4 nitrogen and oxygen atoms in total. The molecule has 1 saturated heterocycles. The molecule has 0 saturated carbocycles. The molecule has 1 aliphatic rings. The van der Waals surface area contributed by atoms with Crippen LogP contribution in [-0.2, 0) is 11.2 Å². The molecule has 2 heterocycles. The largest absolute Gasteiger partial charge is 0.338 e. The van der Waals surface area contributed by atoms with Gasteiger partial charge in [0, 0.05) is 25.3 Å². The zero-order chi connectivity index (χ0) is 14.4. The summed E-state index contributed by atoms with van der Waals surface area (Å²) in [7, 11) is 0. The van der Waals surface area contributed by atoms with E-state index in [1.807, 2.05) is 19.1 Å². The van der Waals surface area contributed by atoms with E-state index in [0.29, 0.717) is 12.5 Å². The molecule has 1 aromatic heterocycles. The maximum atomic E-state index is 12.6. The van der Waals surface area contributed by atoms with E-state index >= 15 is 0 Å². The average Bonchev–Trinajstić information content (AvgIpc) is 2.48. The van der Waals surface area contributed by atoms with E-state index in [0.717, 1.165) is 50.2 Å². The summed E-state index contributed by atoms with van der Waals surface area (Å²) in [5, 5.41) is 3.39. The normalized spacial score (nSPS) is 18.8. The van der Waals surface area contributed by atoms with Crippen LogP contribution in [0.15, 0.2) is 18.3 Å². The number of amides is 1. The molecule has 1 atom stereocenters. The van der Waals surface area contributed by atoms with Gasteiger partial charge in [-0.2, -0.15) is 0 Å². The van der Waals surface area contributed by atoms with Crippen molar-refractivity contribution in [2.45, 2.75) is 45.6 Å². The van der Waals surface area contributed by atoms with Gasteiger partial charge in [0.25, 0.3) is 0 Å². The first kappa shape index (κ1) is 15.0. The van der Waals surface area contributed by atoms with Crippen LogP contribution in [0, 0.1) is 6.92 Å². The maximum absolute atomic E-state index is 12.6. The Labute approximate surface area is 121 Å². The molecular weight excluding hydrogens is 250 g/mol. The van der Waals surface area contributed by atoms with E-state index < -0.39 is 0 Å². The number of piperidine rings is 1. The van der Waals surface area contributed by atoms with E-state index in [1.54, 1.807) is 6.20 Å². The van der Waals surface area contributed by atoms with Gasteiger partial charge in [0.15, 0.2) is 0 Å². The molecule has 1 amide bonds. The number of nitrogens with one attached hydrogen (secondary N) is 1. The van der Waals surface area contributed by atoms with Crippen molar-refractivity contribution in [3.63, 3.8) is 0 Å². The van der Waals surface area contributed by atoms with Crippen LogP contribution < -0.4 is 5.32 Å². The lowest BCUT2D eigenvalue weighted by Gasteiger charge is -2.34. The number of carbonyl (C=O) groups is 1. The minimum absolute atomic E-state index is 0.211. The Morgan fingerprint density at radius 2 is 2.40 bits per heavy atom. The first-order valence-electron chi connectivity index (χ1n) is 7.63. The third-order valence-electron chi connectivity index (χ3n) is 3.93. The molecule has 4 heteroatoms. The highest BCUT2D eigenvalue weighted by Crippen LogP contribution is 2.14. The van der Waals surface area contributed by atoms with E-state index in [-0.39, 0.29) is 5.91 Å². The Balaban J connectivity index is 2.04. The smallest absolute Gasteiger partial charge is 0.228 e. The van der Waals surface area contributed by atoms with Crippen LogP contribution in [0.3, 0.4) is 0 Å². The summed E-state index contributed by atoms with van der Waals surface area (Å²) in [5.74, 6) is 0.211. The van der Waals surface area contributed by atoms with Crippen molar-refractivity contribution < 1.29 is 4.79 Å². The first-order valence-corrected chi connectivity index (χ1v) is 7.63. The van der Waals surface area contributed by atoms with Crippen molar-refractivity contribution >= 4 is 5.91 Å². The summed E-state index contributed by atoms with van der Waals surface area (Å²) < 4.78 is 0. The quantitative estimate of drug-likeness (QED) is 0.893. The molecule has 20 heavy (non-hydrogen) atoms. The molecule has 0 aromatic carbocycles. The van der Waals surface area contributed by atoms with Crippen molar-refractivity contribution in [3.05, 3.63) is 29.6 Å². The minimum Gasteiger partial charge on any atom is -0.338 e. The third kappa shape index (κ3) is 3.79. The number of aromatic nitrogens is 1. The summed E-state index contributed by atoms with van der Waals surface area (Å²) >= 11 is 0. The molecule has 1 fully saturated rings. The number of aryl methyl sites for hydroxylation is 1. The van der Waals surface area contributed by atoms with Crippen LogP contribution in [0.1, 0.15) is 37.4 Å². The topological polar surface area (TPSA) is 45.2 Å². The van der Waals surface area contributed by atoms with E-state index in [1.165, 1.54) is 0 Å². The van der Waals surface area contributed by atoms with Crippen molar-refractivity contribution in [1.29, 1.82) is 0 Å². The SMILES string of the molecule is CCCN(C(=O)Cc1ncccc1C)C1CCCNC1. The summed E-state index contributed by atoms with van der Waals surface area (Å²) in [6.07, 6.45) is 5.45. The number of hydrogen-bond donors (Lipinski definition) is 1. The van der Waals surface area contributed by atoms with Crippen LogP contribution in [0.5, 0.6) is 0 Å². The highest BCUT2D eigenvalue weighted by atomic mass is 16.2. The van der Waals surface area contributed by atoms with Crippen LogP contribution in [0.4, 0.5) is 0 Å². The summed E-state index contributed by atoms with van der Waals surface area (Å²) in [6, 6.07) is 4.28. The second kappa shape index (κ2) is 7.39. The van der Waals surface area contributed by atoms with Gasteiger partial charge in [-0.25, -0.2) is 0 Å². The molecule has 2 rings (SSSR count). The summed E-state index contributed by atoms with van der Waals surface area (Å²) in [5.41, 5.74) is 2.00. The zero-order valence-corrected chi connectivity index (χ0v) is 12.6. The van der Waals surface area contributed by atoms with Gasteiger partial charge in [0.2, 0.25) is 5.91 Å². The van der Waals surface area contributed by atoms with Gasteiger partial charge in [0.1, 0.15) is 0 Å². The fourth-order valence-electron chi connectivity index (χ4n) is 2.80. The fourth-order valence-corrected chi connectivity index (χ4v) is 2.80. The van der Waals surface area contributed by atoms with Gasteiger partial charge in [-0.05, 0) is 44.4 Å². The fraction of sp³-hybridized carbons (Fsp3) is 0.625. The van der Waals surface area contributed by atoms with Crippen molar-refractivity contribution in [2.75, 3.05) is 19.6 Å². The van der Waals surface area contributed by atoms with E-state index in [9.17, 15) is 4.79 Å². The lowest BCUT2D eigenvalue weighted by atomic mass is 10.0. The Morgan fingerprint density at radius 3 is 3.05 bits per heavy atom. The summed E-state index contributed by atoms with van der Waals surface area (Å²) in [4.78, 5) is 19.0. The minimum atomic E-state index is 0.211. The highest BCUT2D eigenvalue weighted by molar-refractivity contribution is 5.79. The standard InChI is InChI=1S/C16H25N3O/c1-3-10-19(14-7-5-8-17-12-14)16(20)11-15-13(2)6-4-9-18-15/h4,6,9,14,17H,3,5,7-8,10-12H2,1-2H3. The molecule has 1 N–H and O–H groups in total. The van der Waals surface area contributed by atoms with Crippen LogP contribution in [0.2, 0.25) is 0 Å². The molecule has 1 aromatic rings. The lowest BCUT2D eigenvalue weighted by molar-refractivity contribution is -0.133.